The number of aromatic amines is 1. The van der Waals surface area contributed by atoms with Crippen molar-refractivity contribution in [3.8, 4) is 11.5 Å². The minimum Gasteiger partial charge on any atom is -0.490 e. The number of aryl methyl sites for hydroxylation is 1. The van der Waals surface area contributed by atoms with E-state index in [1.165, 1.54) is 0 Å². The third kappa shape index (κ3) is 5.08. The van der Waals surface area contributed by atoms with Gasteiger partial charge in [0, 0.05) is 22.2 Å². The molecule has 0 aliphatic rings. The third-order valence-electron chi connectivity index (χ3n) is 5.03. The fourth-order valence-corrected chi connectivity index (χ4v) is 3.43. The highest BCUT2D eigenvalue weighted by Gasteiger charge is 2.25. The molecule has 0 saturated heterocycles. The Bertz CT molecular complexity index is 1070. The van der Waals surface area contributed by atoms with Crippen molar-refractivity contribution in [1.29, 1.82) is 0 Å². The summed E-state index contributed by atoms with van der Waals surface area (Å²) in [6.07, 6.45) is 1.03. The second-order valence-corrected chi connectivity index (χ2v) is 7.38. The van der Waals surface area contributed by atoms with Crippen LogP contribution in [0.2, 0.25) is 0 Å². The van der Waals surface area contributed by atoms with Gasteiger partial charge in [0.05, 0.1) is 18.8 Å². The van der Waals surface area contributed by atoms with E-state index in [1.54, 1.807) is 25.1 Å². The highest BCUT2D eigenvalue weighted by molar-refractivity contribution is 6.11. The van der Waals surface area contributed by atoms with Crippen LogP contribution in [0.5, 0.6) is 11.5 Å². The number of nitrogens with one attached hydrogen (secondary N) is 1. The molecule has 0 bridgehead atoms. The van der Waals surface area contributed by atoms with E-state index in [-0.39, 0.29) is 5.78 Å². The van der Waals surface area contributed by atoms with Gasteiger partial charge in [-0.1, -0.05) is 31.5 Å². The van der Waals surface area contributed by atoms with E-state index in [1.807, 2.05) is 38.1 Å². The molecule has 0 spiro atoms. The van der Waals surface area contributed by atoms with E-state index in [0.717, 1.165) is 29.4 Å². The summed E-state index contributed by atoms with van der Waals surface area (Å²) in [5.74, 6) is 0.247. The van der Waals surface area contributed by atoms with Crippen LogP contribution in [0.15, 0.2) is 42.5 Å². The van der Waals surface area contributed by atoms with E-state index in [9.17, 15) is 9.59 Å². The molecule has 0 amide bonds. The Morgan fingerprint density at radius 2 is 1.81 bits per heavy atom. The lowest BCUT2D eigenvalue weighted by Gasteiger charge is -2.15. The number of carbonyl (C=O) groups is 2. The number of esters is 1. The number of ketones is 1. The summed E-state index contributed by atoms with van der Waals surface area (Å²) in [5.41, 5.74) is 2.48. The van der Waals surface area contributed by atoms with E-state index < -0.39 is 12.1 Å². The number of ether oxygens (including phenoxy) is 3. The third-order valence-corrected chi connectivity index (χ3v) is 5.03. The van der Waals surface area contributed by atoms with Gasteiger partial charge in [0.2, 0.25) is 5.78 Å². The number of para-hydroxylation sites is 1. The number of unbranched alkanes of at least 4 members (excludes halogenated alkanes) is 1. The van der Waals surface area contributed by atoms with Crippen LogP contribution in [0.3, 0.4) is 0 Å². The van der Waals surface area contributed by atoms with Crippen LogP contribution in [0, 0.1) is 6.92 Å². The van der Waals surface area contributed by atoms with Gasteiger partial charge in [0.1, 0.15) is 0 Å². The topological polar surface area (TPSA) is 77.6 Å². The molecule has 1 N–H and O–H groups in total. The molecule has 6 heteroatoms. The molecule has 3 aromatic rings. The highest BCUT2D eigenvalue weighted by atomic mass is 16.5. The van der Waals surface area contributed by atoms with E-state index in [4.69, 9.17) is 14.2 Å². The van der Waals surface area contributed by atoms with Crippen molar-refractivity contribution in [2.45, 2.75) is 46.6 Å². The molecule has 1 heterocycles. The number of carbonyl (C=O) groups excluding carboxylic acids is 2. The molecule has 1 atom stereocenters. The average molecular weight is 424 g/mol. The normalized spacial score (nSPS) is 11.9. The maximum absolute atomic E-state index is 13.0. The molecule has 0 radical (unpaired) electrons. The van der Waals surface area contributed by atoms with Crippen LogP contribution in [0.4, 0.5) is 0 Å². The Morgan fingerprint density at radius 3 is 2.55 bits per heavy atom. The van der Waals surface area contributed by atoms with Crippen LogP contribution >= 0.6 is 0 Å². The van der Waals surface area contributed by atoms with Crippen molar-refractivity contribution in [2.75, 3.05) is 13.2 Å². The van der Waals surface area contributed by atoms with E-state index in [2.05, 4.69) is 11.9 Å². The molecule has 31 heavy (non-hydrogen) atoms. The Morgan fingerprint density at radius 1 is 1.03 bits per heavy atom. The number of rotatable bonds is 10. The molecular weight excluding hydrogens is 394 g/mol. The van der Waals surface area contributed by atoms with Crippen molar-refractivity contribution in [1.82, 2.24) is 4.98 Å². The first-order chi connectivity index (χ1) is 15.0. The number of H-pyrrole nitrogens is 1. The number of fused-ring (bicyclic) bond motifs is 1. The lowest BCUT2D eigenvalue weighted by Crippen LogP contribution is -2.25. The zero-order valence-corrected chi connectivity index (χ0v) is 18.5. The Kier molecular flexibility index (Phi) is 7.34. The van der Waals surface area contributed by atoms with Gasteiger partial charge in [0.25, 0.3) is 0 Å². The van der Waals surface area contributed by atoms with Crippen LogP contribution in [-0.2, 0) is 4.74 Å². The maximum Gasteiger partial charge on any atom is 0.338 e. The van der Waals surface area contributed by atoms with Crippen LogP contribution in [-0.4, -0.2) is 36.1 Å². The highest BCUT2D eigenvalue weighted by Crippen LogP contribution is 2.30. The first-order valence-electron chi connectivity index (χ1n) is 10.7. The smallest absolute Gasteiger partial charge is 0.338 e. The Balaban J connectivity index is 1.76. The van der Waals surface area contributed by atoms with Gasteiger partial charge in [-0.25, -0.2) is 4.79 Å². The van der Waals surface area contributed by atoms with Gasteiger partial charge < -0.3 is 19.2 Å². The minimum atomic E-state index is -0.929. The van der Waals surface area contributed by atoms with Gasteiger partial charge in [0.15, 0.2) is 17.6 Å². The van der Waals surface area contributed by atoms with Gasteiger partial charge in [-0.05, 0) is 51.5 Å². The summed E-state index contributed by atoms with van der Waals surface area (Å²) in [6, 6.07) is 12.5. The number of hydrogen-bond donors (Lipinski definition) is 1. The van der Waals surface area contributed by atoms with Gasteiger partial charge in [-0.2, -0.15) is 0 Å². The summed E-state index contributed by atoms with van der Waals surface area (Å²) in [5, 5.41) is 0.820. The molecule has 0 saturated carbocycles. The molecule has 0 unspecified atom stereocenters. The predicted octanol–water partition coefficient (Wildman–Crippen LogP) is 5.48. The fraction of sp³-hybridized carbons (Fsp3) is 0.360. The van der Waals surface area contributed by atoms with E-state index >= 15 is 0 Å². The monoisotopic (exact) mass is 423 g/mol. The second kappa shape index (κ2) is 10.2. The molecule has 164 valence electrons. The molecule has 3 rings (SSSR count). The summed E-state index contributed by atoms with van der Waals surface area (Å²) < 4.78 is 16.9. The molecule has 2 aromatic carbocycles. The zero-order valence-electron chi connectivity index (χ0n) is 18.5. The first-order valence-corrected chi connectivity index (χ1v) is 10.7. The lowest BCUT2D eigenvalue weighted by atomic mass is 10.0. The molecular formula is C25H29NO5. The average Bonchev–Trinajstić information content (AvgIpc) is 3.10. The standard InChI is InChI=1S/C25H29NO5/c1-5-7-14-30-21-13-12-18(15-22(21)29-6-2)25(28)31-17(4)24(27)23-16(3)26-20-11-9-8-10-19(20)23/h8-13,15,17,26H,5-7,14H2,1-4H3/t17-/m1/s1. The number of Topliss-reactive ketones (excluding diaryl/α,β-unsaturated/α-hetero) is 1. The Hall–Kier alpha value is -3.28. The van der Waals surface area contributed by atoms with Crippen molar-refractivity contribution >= 4 is 22.7 Å². The van der Waals surface area contributed by atoms with Crippen molar-refractivity contribution in [2.24, 2.45) is 0 Å². The van der Waals surface area contributed by atoms with Crippen molar-refractivity contribution < 1.29 is 23.8 Å². The van der Waals surface area contributed by atoms with Crippen molar-refractivity contribution in [3.63, 3.8) is 0 Å². The van der Waals surface area contributed by atoms with Gasteiger partial charge in [-0.3, -0.25) is 4.79 Å². The van der Waals surface area contributed by atoms with Gasteiger partial charge in [-0.15, -0.1) is 0 Å². The molecule has 0 aliphatic heterocycles. The lowest BCUT2D eigenvalue weighted by molar-refractivity contribution is 0.0318. The fourth-order valence-electron chi connectivity index (χ4n) is 3.43. The summed E-state index contributed by atoms with van der Waals surface area (Å²) >= 11 is 0. The Labute approximate surface area is 182 Å². The largest absolute Gasteiger partial charge is 0.490 e. The second-order valence-electron chi connectivity index (χ2n) is 7.38. The molecule has 0 aliphatic carbocycles. The SMILES string of the molecule is CCCCOc1ccc(C(=O)O[C@H](C)C(=O)c2c(C)[nH]c3ccccc23)cc1OCC. The predicted molar refractivity (Wildman–Crippen MR) is 120 cm³/mol. The summed E-state index contributed by atoms with van der Waals surface area (Å²) in [7, 11) is 0. The first kappa shape index (κ1) is 22.4. The van der Waals surface area contributed by atoms with Gasteiger partial charge >= 0.3 is 5.97 Å². The van der Waals surface area contributed by atoms with Crippen molar-refractivity contribution in [3.05, 3.63) is 59.3 Å². The quantitative estimate of drug-likeness (QED) is 0.265. The number of aromatic nitrogens is 1. The van der Waals surface area contributed by atoms with Crippen LogP contribution in [0.1, 0.15) is 60.0 Å². The molecule has 0 fully saturated rings. The van der Waals surface area contributed by atoms with Crippen LogP contribution < -0.4 is 9.47 Å². The zero-order chi connectivity index (χ0) is 22.4. The number of hydrogen-bond acceptors (Lipinski definition) is 5. The van der Waals surface area contributed by atoms with E-state index in [0.29, 0.717) is 35.8 Å². The summed E-state index contributed by atoms with van der Waals surface area (Å²) in [6.45, 7) is 8.41. The summed E-state index contributed by atoms with van der Waals surface area (Å²) in [4.78, 5) is 29.0. The minimum absolute atomic E-state index is 0.243. The van der Waals surface area contributed by atoms with Crippen LogP contribution in [0.25, 0.3) is 10.9 Å². The molecule has 1 aromatic heterocycles. The number of benzene rings is 2. The maximum atomic E-state index is 13.0. The molecule has 6 nitrogen and oxygen atoms in total.